The largest absolute Gasteiger partial charge is 0.490 e. The molecule has 0 aliphatic carbocycles. The van der Waals surface area contributed by atoms with Crippen molar-refractivity contribution in [1.29, 1.82) is 0 Å². The molecular weight excluding hydrogens is 500 g/mol. The number of thioether (sulfide) groups is 1. The summed E-state index contributed by atoms with van der Waals surface area (Å²) in [6.45, 7) is 3.47. The van der Waals surface area contributed by atoms with Gasteiger partial charge in [0.25, 0.3) is 16.8 Å². The number of carbonyl (C=O) groups is 3. The molecule has 0 radical (unpaired) electrons. The number of amides is 2. The van der Waals surface area contributed by atoms with Gasteiger partial charge in [0.2, 0.25) is 0 Å². The van der Waals surface area contributed by atoms with Crippen molar-refractivity contribution in [3.05, 3.63) is 67.6 Å². The van der Waals surface area contributed by atoms with Crippen molar-refractivity contribution in [3.63, 3.8) is 0 Å². The molecule has 0 saturated carbocycles. The lowest BCUT2D eigenvalue weighted by molar-refractivity contribution is -0.384. The third kappa shape index (κ3) is 5.92. The van der Waals surface area contributed by atoms with E-state index in [1.807, 2.05) is 0 Å². The van der Waals surface area contributed by atoms with Gasteiger partial charge in [-0.15, -0.1) is 0 Å². The van der Waals surface area contributed by atoms with Gasteiger partial charge in [0.15, 0.2) is 11.5 Å². The summed E-state index contributed by atoms with van der Waals surface area (Å²) in [4.78, 5) is 48.3. The summed E-state index contributed by atoms with van der Waals surface area (Å²) in [6.07, 6.45) is 1.47. The van der Waals surface area contributed by atoms with Crippen molar-refractivity contribution in [1.82, 2.24) is 4.90 Å². The zero-order valence-electron chi connectivity index (χ0n) is 19.0. The van der Waals surface area contributed by atoms with Crippen molar-refractivity contribution in [2.24, 2.45) is 0 Å². The Hall–Kier alpha value is -3.57. The first-order valence-corrected chi connectivity index (χ1v) is 11.5. The minimum absolute atomic E-state index is 0.00509. The van der Waals surface area contributed by atoms with Crippen LogP contribution in [0.1, 0.15) is 25.0 Å². The summed E-state index contributed by atoms with van der Waals surface area (Å²) in [5.41, 5.74) is 0.973. The normalized spacial score (nSPS) is 15.3. The van der Waals surface area contributed by atoms with Gasteiger partial charge in [0.05, 0.1) is 28.6 Å². The van der Waals surface area contributed by atoms with E-state index in [0.29, 0.717) is 35.2 Å². The minimum Gasteiger partial charge on any atom is -0.490 e. The van der Waals surface area contributed by atoms with Crippen molar-refractivity contribution in [2.45, 2.75) is 26.5 Å². The van der Waals surface area contributed by atoms with Gasteiger partial charge in [-0.25, -0.2) is 4.79 Å². The minimum atomic E-state index is -1.06. The Bertz CT molecular complexity index is 1220. The molecule has 1 aliphatic rings. The zero-order chi connectivity index (χ0) is 25.7. The average molecular weight is 521 g/mol. The molecule has 1 saturated heterocycles. The van der Waals surface area contributed by atoms with Crippen molar-refractivity contribution >= 4 is 52.2 Å². The highest BCUT2D eigenvalue weighted by Crippen LogP contribution is 2.40. The van der Waals surface area contributed by atoms with Crippen LogP contribution in [0.5, 0.6) is 11.5 Å². The standard InChI is InChI=1S/C23H21ClN2O8S/c1-4-33-18-10-15(11-19-21(27)25(23(29)35-19)13(2)22(28)32-3)9-17(24)20(18)34-12-14-6-5-7-16(8-14)26(30)31/h5-11,13H,4,12H2,1-3H3/b19-11+/t13-/m0/s1. The summed E-state index contributed by atoms with van der Waals surface area (Å²) in [6, 6.07) is 8.07. The Labute approximate surface area is 209 Å². The van der Waals surface area contributed by atoms with Crippen molar-refractivity contribution in [3.8, 4) is 11.5 Å². The smallest absolute Gasteiger partial charge is 0.328 e. The maximum absolute atomic E-state index is 12.8. The topological polar surface area (TPSA) is 125 Å². The van der Waals surface area contributed by atoms with Crippen LogP contribution in [0.15, 0.2) is 41.3 Å². The Balaban J connectivity index is 1.86. The Morgan fingerprint density at radius 3 is 2.66 bits per heavy atom. The van der Waals surface area contributed by atoms with E-state index in [1.165, 1.54) is 38.3 Å². The summed E-state index contributed by atoms with van der Waals surface area (Å²) in [5.74, 6) is -0.818. The second-order valence-corrected chi connectivity index (χ2v) is 8.63. The molecule has 1 atom stereocenters. The molecule has 0 bridgehead atoms. The van der Waals surface area contributed by atoms with Crippen LogP contribution in [0, 0.1) is 10.1 Å². The third-order valence-corrected chi connectivity index (χ3v) is 6.05. The van der Waals surface area contributed by atoms with E-state index in [0.717, 1.165) is 4.90 Å². The number of benzene rings is 2. The molecule has 0 aromatic heterocycles. The first-order valence-electron chi connectivity index (χ1n) is 10.3. The number of nitro groups is 1. The lowest BCUT2D eigenvalue weighted by Gasteiger charge is -2.18. The van der Waals surface area contributed by atoms with Gasteiger partial charge in [-0.1, -0.05) is 23.7 Å². The molecule has 35 heavy (non-hydrogen) atoms. The van der Waals surface area contributed by atoms with Gasteiger partial charge in [0.1, 0.15) is 12.6 Å². The van der Waals surface area contributed by atoms with Gasteiger partial charge in [0, 0.05) is 12.1 Å². The SMILES string of the molecule is CCOc1cc(/C=C2/SC(=O)N([C@@H](C)C(=O)OC)C2=O)cc(Cl)c1OCc1cccc([N+](=O)[O-])c1. The number of nitro benzene ring substituents is 1. The van der Waals surface area contributed by atoms with Crippen LogP contribution in [0.4, 0.5) is 10.5 Å². The van der Waals surface area contributed by atoms with E-state index in [9.17, 15) is 24.5 Å². The molecule has 3 rings (SSSR count). The number of methoxy groups -OCH3 is 1. The van der Waals surface area contributed by atoms with Gasteiger partial charge >= 0.3 is 5.97 Å². The van der Waals surface area contributed by atoms with E-state index in [2.05, 4.69) is 4.74 Å². The van der Waals surface area contributed by atoms with Crippen LogP contribution < -0.4 is 9.47 Å². The highest BCUT2D eigenvalue weighted by molar-refractivity contribution is 8.18. The molecule has 0 spiro atoms. The fourth-order valence-corrected chi connectivity index (χ4v) is 4.41. The van der Waals surface area contributed by atoms with Gasteiger partial charge < -0.3 is 14.2 Å². The maximum Gasteiger partial charge on any atom is 0.328 e. The Morgan fingerprint density at radius 2 is 2.00 bits per heavy atom. The first-order chi connectivity index (χ1) is 16.7. The van der Waals surface area contributed by atoms with Gasteiger partial charge in [-0.3, -0.25) is 24.6 Å². The van der Waals surface area contributed by atoms with Crippen LogP contribution in [-0.2, 0) is 20.9 Å². The predicted octanol–water partition coefficient (Wildman–Crippen LogP) is 4.82. The van der Waals surface area contributed by atoms with Gasteiger partial charge in [-0.2, -0.15) is 0 Å². The molecule has 0 unspecified atom stereocenters. The van der Waals surface area contributed by atoms with Crippen LogP contribution in [0.2, 0.25) is 5.02 Å². The molecule has 12 heteroatoms. The highest BCUT2D eigenvalue weighted by atomic mass is 35.5. The fraction of sp³-hybridized carbons (Fsp3) is 0.261. The lowest BCUT2D eigenvalue weighted by atomic mass is 10.1. The van der Waals surface area contributed by atoms with E-state index < -0.39 is 28.1 Å². The number of imide groups is 1. The highest BCUT2D eigenvalue weighted by Gasteiger charge is 2.41. The number of nitrogens with zero attached hydrogens (tertiary/aromatic N) is 2. The zero-order valence-corrected chi connectivity index (χ0v) is 20.6. The third-order valence-electron chi connectivity index (χ3n) is 4.89. The molecule has 2 amide bonds. The molecule has 2 aromatic rings. The maximum atomic E-state index is 12.8. The number of rotatable bonds is 9. The number of halogens is 1. The van der Waals surface area contributed by atoms with Crippen LogP contribution in [0.3, 0.4) is 0 Å². The van der Waals surface area contributed by atoms with Crippen molar-refractivity contribution in [2.75, 3.05) is 13.7 Å². The molecular formula is C23H21ClN2O8S. The quantitative estimate of drug-likeness (QED) is 0.198. The van der Waals surface area contributed by atoms with E-state index in [1.54, 1.807) is 25.1 Å². The number of hydrogen-bond acceptors (Lipinski definition) is 9. The van der Waals surface area contributed by atoms with Crippen LogP contribution >= 0.6 is 23.4 Å². The van der Waals surface area contributed by atoms with E-state index >= 15 is 0 Å². The van der Waals surface area contributed by atoms with E-state index in [4.69, 9.17) is 21.1 Å². The second kappa shape index (κ2) is 11.2. The summed E-state index contributed by atoms with van der Waals surface area (Å²) < 4.78 is 16.1. The molecule has 1 fully saturated rings. The summed E-state index contributed by atoms with van der Waals surface area (Å²) in [5, 5.41) is 10.6. The molecule has 184 valence electrons. The molecule has 2 aromatic carbocycles. The number of non-ortho nitro benzene ring substituents is 1. The van der Waals surface area contributed by atoms with Crippen LogP contribution in [0.25, 0.3) is 6.08 Å². The Morgan fingerprint density at radius 1 is 1.26 bits per heavy atom. The van der Waals surface area contributed by atoms with Gasteiger partial charge in [-0.05, 0) is 54.9 Å². The van der Waals surface area contributed by atoms with E-state index in [-0.39, 0.29) is 28.0 Å². The average Bonchev–Trinajstić information content (AvgIpc) is 3.10. The van der Waals surface area contributed by atoms with Crippen LogP contribution in [-0.4, -0.2) is 46.7 Å². The molecule has 1 aliphatic heterocycles. The fourth-order valence-electron chi connectivity index (χ4n) is 3.23. The molecule has 0 N–H and O–H groups in total. The number of ether oxygens (including phenoxy) is 3. The molecule has 1 heterocycles. The monoisotopic (exact) mass is 520 g/mol. The first kappa shape index (κ1) is 26.0. The second-order valence-electron chi connectivity index (χ2n) is 7.23. The Kier molecular flexibility index (Phi) is 8.36. The van der Waals surface area contributed by atoms with Crippen molar-refractivity contribution < 1.29 is 33.5 Å². The predicted molar refractivity (Wildman–Crippen MR) is 129 cm³/mol. The summed E-state index contributed by atoms with van der Waals surface area (Å²) in [7, 11) is 1.17. The number of esters is 1. The lowest BCUT2D eigenvalue weighted by Crippen LogP contribution is -2.42. The molecule has 10 nitrogen and oxygen atoms in total. The number of hydrogen-bond donors (Lipinski definition) is 0. The summed E-state index contributed by atoms with van der Waals surface area (Å²) >= 11 is 7.13. The number of carbonyl (C=O) groups excluding carboxylic acids is 3.